The van der Waals surface area contributed by atoms with Gasteiger partial charge in [-0.05, 0) is 24.0 Å². The van der Waals surface area contributed by atoms with Gasteiger partial charge in [-0.2, -0.15) is 24.3 Å². The molecule has 26 heavy (non-hydrogen) atoms. The van der Waals surface area contributed by atoms with E-state index in [-0.39, 0.29) is 36.2 Å². The molecule has 0 aliphatic carbocycles. The molecule has 0 fully saturated rings. The molecule has 1 aromatic heterocycles. The van der Waals surface area contributed by atoms with Crippen LogP contribution in [0.4, 0.5) is 0 Å². The van der Waals surface area contributed by atoms with E-state index in [1.165, 1.54) is 11.8 Å². The second-order valence-corrected chi connectivity index (χ2v) is 6.02. The van der Waals surface area contributed by atoms with Gasteiger partial charge in [-0.15, -0.1) is 17.3 Å². The molecule has 0 aliphatic heterocycles. The summed E-state index contributed by atoms with van der Waals surface area (Å²) >= 11 is 1.22. The first kappa shape index (κ1) is 20.8. The average Bonchev–Trinajstić information content (AvgIpc) is 3.07. The van der Waals surface area contributed by atoms with Crippen molar-refractivity contribution in [1.29, 1.82) is 0 Å². The Balaban J connectivity index is 0.000000784. The topological polar surface area (TPSA) is 30.2 Å². The minimum atomic E-state index is 0. The molecule has 130 valence electrons. The molecule has 0 atom stereocenters. The van der Waals surface area contributed by atoms with Gasteiger partial charge in [-0.25, -0.2) is 0 Å². The van der Waals surface area contributed by atoms with Crippen molar-refractivity contribution < 1.29 is 40.3 Å². The van der Waals surface area contributed by atoms with Crippen molar-refractivity contribution in [2.45, 2.75) is 13.8 Å². The summed E-state index contributed by atoms with van der Waals surface area (Å²) in [5, 5.41) is 2.15. The molecular weight excluding hydrogens is 566 g/mol. The molecule has 0 unspecified atom stereocenters. The van der Waals surface area contributed by atoms with Crippen molar-refractivity contribution in [2.24, 2.45) is 0 Å². The second kappa shape index (κ2) is 9.46. The van der Waals surface area contributed by atoms with Gasteiger partial charge in [0.25, 0.3) is 0 Å². The third-order valence-corrected chi connectivity index (χ3v) is 4.55. The Kier molecular flexibility index (Phi) is 7.58. The minimum absolute atomic E-state index is 0. The molecule has 4 rings (SSSR count). The molecule has 3 aromatic carbocycles. The summed E-state index contributed by atoms with van der Waals surface area (Å²) in [5.41, 5.74) is 4.30. The van der Waals surface area contributed by atoms with Crippen molar-refractivity contribution >= 4 is 38.8 Å². The van der Waals surface area contributed by atoms with Crippen LogP contribution in [0.1, 0.15) is 24.2 Å². The van der Waals surface area contributed by atoms with Gasteiger partial charge in [0.15, 0.2) is 5.12 Å². The van der Waals surface area contributed by atoms with Crippen LogP contribution in [0.5, 0.6) is 0 Å². The summed E-state index contributed by atoms with van der Waals surface area (Å²) in [7, 11) is 0. The van der Waals surface area contributed by atoms with E-state index >= 15 is 0 Å². The van der Waals surface area contributed by atoms with Crippen LogP contribution in [0.25, 0.3) is 33.1 Å². The van der Waals surface area contributed by atoms with Crippen LogP contribution in [-0.2, 0) is 0 Å². The molecule has 0 saturated heterocycles. The normalized spacial score (nSPS) is 10.1. The van der Waals surface area contributed by atoms with Gasteiger partial charge in [0, 0.05) is 41.9 Å². The summed E-state index contributed by atoms with van der Waals surface area (Å²) < 4.78 is 5.94. The Morgan fingerprint density at radius 2 is 1.69 bits per heavy atom. The van der Waals surface area contributed by atoms with Crippen molar-refractivity contribution in [3.63, 3.8) is 0 Å². The van der Waals surface area contributed by atoms with Crippen LogP contribution < -0.4 is 0 Å². The maximum atomic E-state index is 12.3. The third-order valence-electron chi connectivity index (χ3n) is 3.96. The quantitative estimate of drug-likeness (QED) is 0.249. The van der Waals surface area contributed by atoms with Gasteiger partial charge in [-0.1, -0.05) is 49.7 Å². The van der Waals surface area contributed by atoms with Gasteiger partial charge in [0.1, 0.15) is 11.2 Å². The zero-order valence-electron chi connectivity index (χ0n) is 15.0. The number of hydrogen-bond acceptors (Lipinski definition) is 3. The van der Waals surface area contributed by atoms with Crippen LogP contribution in [-0.4, -0.2) is 11.4 Å². The Bertz CT molecular complexity index is 1040. The molecule has 0 saturated carbocycles. The monoisotopic (exact) mass is 585 g/mol. The fraction of sp³-hybridized carbons (Fsp3) is 0.136. The van der Waals surface area contributed by atoms with Crippen LogP contribution in [0.15, 0.2) is 65.1 Å². The van der Waals surface area contributed by atoms with Crippen LogP contribution in [0, 0.1) is 37.2 Å². The van der Waals surface area contributed by atoms with Gasteiger partial charge >= 0.3 is 0 Å². The van der Waals surface area contributed by atoms with Gasteiger partial charge in [0.05, 0.1) is 0 Å². The van der Waals surface area contributed by atoms with Crippen LogP contribution >= 0.6 is 11.8 Å². The zero-order chi connectivity index (χ0) is 17.8. The third kappa shape index (κ3) is 3.79. The first-order valence-electron chi connectivity index (χ1n) is 8.28. The Morgan fingerprint density at radius 1 is 0.962 bits per heavy atom. The molecule has 4 heteroatoms. The van der Waals surface area contributed by atoms with Crippen molar-refractivity contribution in [1.82, 2.24) is 0 Å². The predicted molar refractivity (Wildman–Crippen MR) is 107 cm³/mol. The second-order valence-electron chi connectivity index (χ2n) is 5.24. The van der Waals surface area contributed by atoms with E-state index in [9.17, 15) is 4.79 Å². The van der Waals surface area contributed by atoms with Crippen molar-refractivity contribution in [3.8, 4) is 11.1 Å². The van der Waals surface area contributed by atoms with E-state index in [1.54, 1.807) is 12.3 Å². The van der Waals surface area contributed by atoms with E-state index in [2.05, 4.69) is 12.1 Å². The minimum Gasteiger partial charge on any atom is -0.456 e. The molecule has 0 N–H and O–H groups in total. The SMILES string of the molecule is CC.CSC(=O)c1c[c-]ccc1-c1cccc2oc3ccccc3c12.[U]. The average molecular weight is 585 g/mol. The number of furan rings is 1. The molecule has 0 aliphatic rings. The van der Waals surface area contributed by atoms with E-state index in [0.717, 1.165) is 33.1 Å². The number of thioether (sulfide) groups is 1. The maximum absolute atomic E-state index is 12.3. The predicted octanol–water partition coefficient (Wildman–Crippen LogP) is 6.58. The fourth-order valence-corrected chi connectivity index (χ4v) is 3.33. The summed E-state index contributed by atoms with van der Waals surface area (Å²) in [5.74, 6) is 0. The zero-order valence-corrected chi connectivity index (χ0v) is 20.0. The van der Waals surface area contributed by atoms with E-state index in [0.29, 0.717) is 5.56 Å². The number of carbonyl (C=O) groups excluding carboxylic acids is 1. The van der Waals surface area contributed by atoms with Crippen LogP contribution in [0.2, 0.25) is 0 Å². The fourth-order valence-electron chi connectivity index (χ4n) is 2.94. The van der Waals surface area contributed by atoms with E-state index < -0.39 is 0 Å². The van der Waals surface area contributed by atoms with Crippen molar-refractivity contribution in [3.05, 3.63) is 72.3 Å². The molecule has 0 amide bonds. The molecule has 4 aromatic rings. The molecule has 0 spiro atoms. The molecular formula is C22H19O2SU-. The maximum Gasteiger partial charge on any atom is 0.165 e. The summed E-state index contributed by atoms with van der Waals surface area (Å²) in [4.78, 5) is 12.3. The molecule has 1 heterocycles. The Hall–Kier alpha value is -1.47. The molecule has 2 nitrogen and oxygen atoms in total. The largest absolute Gasteiger partial charge is 0.456 e. The van der Waals surface area contributed by atoms with Gasteiger partial charge < -0.3 is 4.42 Å². The number of hydrogen-bond donors (Lipinski definition) is 0. The molecule has 0 bridgehead atoms. The number of benzene rings is 3. The van der Waals surface area contributed by atoms with Gasteiger partial charge in [-0.3, -0.25) is 4.79 Å². The number of para-hydroxylation sites is 1. The first-order valence-corrected chi connectivity index (χ1v) is 9.51. The summed E-state index contributed by atoms with van der Waals surface area (Å²) in [6, 6.07) is 22.5. The number of fused-ring (bicyclic) bond motifs is 3. The Labute approximate surface area is 181 Å². The molecule has 0 radical (unpaired) electrons. The van der Waals surface area contributed by atoms with Crippen molar-refractivity contribution in [2.75, 3.05) is 6.26 Å². The standard InChI is InChI=1S/C20H13O2S.C2H6.U/c1-23-20(21)15-8-3-2-7-13(15)14-10-6-12-18-19(14)16-9-4-5-11-17(16)22-18;1-2;/h2,4-12H,1H3;1-2H3;/q-1;;. The number of rotatable bonds is 2. The Morgan fingerprint density at radius 3 is 2.46 bits per heavy atom. The van der Waals surface area contributed by atoms with E-state index in [4.69, 9.17) is 4.42 Å². The smallest absolute Gasteiger partial charge is 0.165 e. The summed E-state index contributed by atoms with van der Waals surface area (Å²) in [6.45, 7) is 4.00. The number of carbonyl (C=O) groups is 1. The van der Waals surface area contributed by atoms with E-state index in [1.807, 2.05) is 62.4 Å². The van der Waals surface area contributed by atoms with Gasteiger partial charge in [0.2, 0.25) is 0 Å². The summed E-state index contributed by atoms with van der Waals surface area (Å²) in [6.07, 6.45) is 1.80. The first-order chi connectivity index (χ1) is 12.3. The van der Waals surface area contributed by atoms with Crippen LogP contribution in [0.3, 0.4) is 0 Å².